The zero-order valence-electron chi connectivity index (χ0n) is 20.3. The summed E-state index contributed by atoms with van der Waals surface area (Å²) in [5, 5.41) is 4.55. The molecular weight excluding hydrogens is 543 g/mol. The minimum absolute atomic E-state index is 0.163. The molecule has 0 aliphatic carbocycles. The van der Waals surface area contributed by atoms with E-state index in [-0.39, 0.29) is 31.5 Å². The first-order chi connectivity index (χ1) is 18.4. The van der Waals surface area contributed by atoms with Crippen LogP contribution in [-0.4, -0.2) is 23.3 Å². The molecule has 4 aromatic rings. The molecule has 0 fully saturated rings. The number of para-hydroxylation sites is 1. The number of halogens is 3. The van der Waals surface area contributed by atoms with Crippen molar-refractivity contribution in [2.75, 3.05) is 6.61 Å². The predicted octanol–water partition coefficient (Wildman–Crippen LogP) is 7.11. The monoisotopic (exact) mass is 566 g/mol. The van der Waals surface area contributed by atoms with Crippen LogP contribution in [0.25, 0.3) is 0 Å². The Morgan fingerprint density at radius 1 is 0.737 bits per heavy atom. The summed E-state index contributed by atoms with van der Waals surface area (Å²) >= 11 is 18.3. The van der Waals surface area contributed by atoms with E-state index in [2.05, 4.69) is 5.32 Å². The van der Waals surface area contributed by atoms with E-state index in [1.54, 1.807) is 48.5 Å². The van der Waals surface area contributed by atoms with E-state index in [0.29, 0.717) is 26.4 Å². The molecule has 194 valence electrons. The van der Waals surface area contributed by atoms with Crippen LogP contribution in [0.4, 0.5) is 0 Å². The number of nitrogens with zero attached hydrogens (tertiary/aromatic N) is 1. The number of carbonyl (C=O) groups is 2. The molecule has 0 saturated carbocycles. The van der Waals surface area contributed by atoms with Gasteiger partial charge < -0.3 is 15.0 Å². The van der Waals surface area contributed by atoms with Gasteiger partial charge in [0.1, 0.15) is 11.8 Å². The maximum Gasteiger partial charge on any atom is 0.261 e. The average Bonchev–Trinajstić information content (AvgIpc) is 2.93. The summed E-state index contributed by atoms with van der Waals surface area (Å²) in [6, 6.07) is 29.5. The third-order valence-corrected chi connectivity index (χ3v) is 6.65. The summed E-state index contributed by atoms with van der Waals surface area (Å²) in [4.78, 5) is 28.9. The van der Waals surface area contributed by atoms with Gasteiger partial charge in [0.05, 0.1) is 5.02 Å². The van der Waals surface area contributed by atoms with Crippen LogP contribution in [0, 0.1) is 0 Å². The van der Waals surface area contributed by atoms with E-state index in [9.17, 15) is 9.59 Å². The number of benzene rings is 4. The second-order valence-electron chi connectivity index (χ2n) is 8.52. The molecule has 2 amide bonds. The molecule has 4 rings (SSSR count). The smallest absolute Gasteiger partial charge is 0.261 e. The van der Waals surface area contributed by atoms with Crippen molar-refractivity contribution < 1.29 is 14.3 Å². The SMILES string of the molecule is O=C(NCc1ccc(Cl)cc1)[C@@H](c1ccccc1)N(Cc1ccc(Cl)cc1)C(=O)COc1ccccc1Cl. The molecule has 0 spiro atoms. The standard InChI is InChI=1S/C30H25Cl3N2O3/c31-24-14-10-21(11-15-24)18-34-30(37)29(23-6-2-1-3-7-23)35(19-22-12-16-25(32)17-13-22)28(36)20-38-27-9-5-4-8-26(27)33/h1-17,29H,18-20H2,(H,34,37)/t29-/m1/s1. The van der Waals surface area contributed by atoms with Crippen molar-refractivity contribution in [1.29, 1.82) is 0 Å². The van der Waals surface area contributed by atoms with Gasteiger partial charge in [0, 0.05) is 23.1 Å². The minimum Gasteiger partial charge on any atom is -0.482 e. The normalized spacial score (nSPS) is 11.4. The Morgan fingerprint density at radius 3 is 1.95 bits per heavy atom. The lowest BCUT2D eigenvalue weighted by Crippen LogP contribution is -2.45. The lowest BCUT2D eigenvalue weighted by molar-refractivity contribution is -0.143. The van der Waals surface area contributed by atoms with Crippen LogP contribution in [0.3, 0.4) is 0 Å². The molecule has 0 aliphatic rings. The van der Waals surface area contributed by atoms with Gasteiger partial charge >= 0.3 is 0 Å². The molecule has 8 heteroatoms. The summed E-state index contributed by atoms with van der Waals surface area (Å²) in [6.45, 7) is 0.138. The molecule has 0 aromatic heterocycles. The van der Waals surface area contributed by atoms with E-state index in [4.69, 9.17) is 39.5 Å². The van der Waals surface area contributed by atoms with Crippen LogP contribution in [0.5, 0.6) is 5.75 Å². The van der Waals surface area contributed by atoms with Crippen molar-refractivity contribution in [2.24, 2.45) is 0 Å². The molecule has 1 N–H and O–H groups in total. The fourth-order valence-corrected chi connectivity index (χ4v) is 4.33. The maximum absolute atomic E-state index is 13.7. The van der Waals surface area contributed by atoms with Gasteiger partial charge in [-0.05, 0) is 53.1 Å². The highest BCUT2D eigenvalue weighted by atomic mass is 35.5. The molecule has 0 heterocycles. The van der Waals surface area contributed by atoms with Crippen LogP contribution in [-0.2, 0) is 22.7 Å². The zero-order valence-corrected chi connectivity index (χ0v) is 22.6. The van der Waals surface area contributed by atoms with Crippen LogP contribution < -0.4 is 10.1 Å². The highest BCUT2D eigenvalue weighted by molar-refractivity contribution is 6.32. The minimum atomic E-state index is -0.915. The first-order valence-electron chi connectivity index (χ1n) is 11.9. The quantitative estimate of drug-likeness (QED) is 0.222. The predicted molar refractivity (Wildman–Crippen MR) is 151 cm³/mol. The molecule has 38 heavy (non-hydrogen) atoms. The maximum atomic E-state index is 13.7. The molecule has 0 saturated heterocycles. The number of carbonyl (C=O) groups excluding carboxylic acids is 2. The van der Waals surface area contributed by atoms with E-state index in [1.807, 2.05) is 54.6 Å². The number of nitrogens with one attached hydrogen (secondary N) is 1. The number of rotatable bonds is 10. The summed E-state index contributed by atoms with van der Waals surface area (Å²) in [5.74, 6) is -0.320. The lowest BCUT2D eigenvalue weighted by atomic mass is 10.0. The van der Waals surface area contributed by atoms with E-state index in [1.165, 1.54) is 4.90 Å². The number of hydrogen-bond acceptors (Lipinski definition) is 3. The van der Waals surface area contributed by atoms with Crippen molar-refractivity contribution in [1.82, 2.24) is 10.2 Å². The molecule has 1 atom stereocenters. The van der Waals surface area contributed by atoms with E-state index < -0.39 is 6.04 Å². The topological polar surface area (TPSA) is 58.6 Å². The third kappa shape index (κ3) is 7.51. The van der Waals surface area contributed by atoms with Gasteiger partial charge in [-0.15, -0.1) is 0 Å². The van der Waals surface area contributed by atoms with Gasteiger partial charge in [0.25, 0.3) is 5.91 Å². The number of amides is 2. The molecule has 0 bridgehead atoms. The van der Waals surface area contributed by atoms with E-state index in [0.717, 1.165) is 11.1 Å². The Bertz CT molecular complexity index is 1360. The molecule has 4 aromatic carbocycles. The summed E-state index contributed by atoms with van der Waals surface area (Å²) in [5.41, 5.74) is 2.36. The molecule has 5 nitrogen and oxygen atoms in total. The summed E-state index contributed by atoms with van der Waals surface area (Å²) < 4.78 is 5.75. The van der Waals surface area contributed by atoms with Crippen molar-refractivity contribution >= 4 is 46.6 Å². The number of ether oxygens (including phenoxy) is 1. The first-order valence-corrected chi connectivity index (χ1v) is 13.0. The molecule has 0 aliphatic heterocycles. The van der Waals surface area contributed by atoms with Crippen molar-refractivity contribution in [3.05, 3.63) is 135 Å². The largest absolute Gasteiger partial charge is 0.482 e. The van der Waals surface area contributed by atoms with E-state index >= 15 is 0 Å². The van der Waals surface area contributed by atoms with Gasteiger partial charge in [0.15, 0.2) is 6.61 Å². The molecule has 0 radical (unpaired) electrons. The number of hydrogen-bond donors (Lipinski definition) is 1. The van der Waals surface area contributed by atoms with Crippen LogP contribution in [0.2, 0.25) is 15.1 Å². The molecular formula is C30H25Cl3N2O3. The van der Waals surface area contributed by atoms with Crippen molar-refractivity contribution in [3.63, 3.8) is 0 Å². The van der Waals surface area contributed by atoms with Crippen LogP contribution in [0.15, 0.2) is 103 Å². The Kier molecular flexibility index (Phi) is 9.66. The van der Waals surface area contributed by atoms with Gasteiger partial charge in [-0.3, -0.25) is 9.59 Å². The fourth-order valence-electron chi connectivity index (χ4n) is 3.89. The van der Waals surface area contributed by atoms with Gasteiger partial charge in [-0.1, -0.05) is 102 Å². The van der Waals surface area contributed by atoms with Crippen LogP contribution in [0.1, 0.15) is 22.7 Å². The Hall–Kier alpha value is -3.51. The fraction of sp³-hybridized carbons (Fsp3) is 0.133. The van der Waals surface area contributed by atoms with Crippen LogP contribution >= 0.6 is 34.8 Å². The molecule has 0 unspecified atom stereocenters. The Balaban J connectivity index is 1.63. The highest BCUT2D eigenvalue weighted by Gasteiger charge is 2.32. The summed E-state index contributed by atoms with van der Waals surface area (Å²) in [6.07, 6.45) is 0. The Labute approximate surface area is 236 Å². The zero-order chi connectivity index (χ0) is 26.9. The van der Waals surface area contributed by atoms with Gasteiger partial charge in [-0.2, -0.15) is 0 Å². The average molecular weight is 568 g/mol. The summed E-state index contributed by atoms with van der Waals surface area (Å²) in [7, 11) is 0. The van der Waals surface area contributed by atoms with Crippen molar-refractivity contribution in [2.45, 2.75) is 19.1 Å². The highest BCUT2D eigenvalue weighted by Crippen LogP contribution is 2.27. The second kappa shape index (κ2) is 13.3. The Morgan fingerprint density at radius 2 is 1.32 bits per heavy atom. The van der Waals surface area contributed by atoms with Gasteiger partial charge in [-0.25, -0.2) is 0 Å². The second-order valence-corrected chi connectivity index (χ2v) is 9.80. The van der Waals surface area contributed by atoms with Gasteiger partial charge in [0.2, 0.25) is 5.91 Å². The lowest BCUT2D eigenvalue weighted by Gasteiger charge is -2.31. The van der Waals surface area contributed by atoms with Crippen molar-refractivity contribution in [3.8, 4) is 5.75 Å². The third-order valence-electron chi connectivity index (χ3n) is 5.83. The first kappa shape index (κ1) is 27.5.